The van der Waals surface area contributed by atoms with E-state index in [1.54, 1.807) is 0 Å². The van der Waals surface area contributed by atoms with Crippen molar-refractivity contribution in [2.45, 2.75) is 20.3 Å². The van der Waals surface area contributed by atoms with Gasteiger partial charge in [0.1, 0.15) is 17.7 Å². The molecule has 0 unspecified atom stereocenters. The smallest absolute Gasteiger partial charge is 0.149 e. The summed E-state index contributed by atoms with van der Waals surface area (Å²) in [5.41, 5.74) is 6.41. The van der Waals surface area contributed by atoms with Crippen LogP contribution in [0.1, 0.15) is 19.4 Å². The molecule has 0 saturated heterocycles. The molecule has 0 aliphatic heterocycles. The summed E-state index contributed by atoms with van der Waals surface area (Å²) in [6, 6.07) is 29.8. The zero-order valence-corrected chi connectivity index (χ0v) is 18.2. The van der Waals surface area contributed by atoms with E-state index in [9.17, 15) is 0 Å². The predicted molar refractivity (Wildman–Crippen MR) is 132 cm³/mol. The molecule has 3 nitrogen and oxygen atoms in total. The van der Waals surface area contributed by atoms with Gasteiger partial charge in [-0.3, -0.25) is 4.57 Å². The van der Waals surface area contributed by atoms with Crippen LogP contribution < -0.4 is 0 Å². The summed E-state index contributed by atoms with van der Waals surface area (Å²) in [6.07, 6.45) is 2.90. The first kappa shape index (κ1) is 18.9. The van der Waals surface area contributed by atoms with Crippen molar-refractivity contribution in [2.24, 2.45) is 5.92 Å². The molecule has 3 heteroatoms. The number of hydrogen-bond donors (Lipinski definition) is 0. The van der Waals surface area contributed by atoms with Gasteiger partial charge in [-0.05, 0) is 47.6 Å². The van der Waals surface area contributed by atoms with E-state index in [1.807, 2.05) is 12.3 Å². The van der Waals surface area contributed by atoms with Crippen LogP contribution in [0.25, 0.3) is 49.9 Å². The number of benzene rings is 4. The van der Waals surface area contributed by atoms with Crippen LogP contribution >= 0.6 is 0 Å². The van der Waals surface area contributed by atoms with E-state index in [-0.39, 0.29) is 0 Å². The SMILES string of the molecule is CC(C)Cc1ccc2c(-c3nc4ccccc4n3-c3cccc4ccccc34)coc2c1. The molecule has 0 atom stereocenters. The first-order chi connectivity index (χ1) is 15.7. The lowest BCUT2D eigenvalue weighted by atomic mass is 10.0. The van der Waals surface area contributed by atoms with Crippen molar-refractivity contribution in [2.75, 3.05) is 0 Å². The summed E-state index contributed by atoms with van der Waals surface area (Å²) < 4.78 is 8.31. The molecule has 2 aromatic heterocycles. The van der Waals surface area contributed by atoms with Gasteiger partial charge in [0.15, 0.2) is 0 Å². The minimum absolute atomic E-state index is 0.609. The first-order valence-corrected chi connectivity index (χ1v) is 11.1. The molecule has 6 rings (SSSR count). The monoisotopic (exact) mass is 416 g/mol. The number of para-hydroxylation sites is 2. The Bertz CT molecular complexity index is 1580. The highest BCUT2D eigenvalue weighted by molar-refractivity contribution is 5.98. The molecule has 0 amide bonds. The zero-order chi connectivity index (χ0) is 21.7. The Kier molecular flexibility index (Phi) is 4.36. The Morgan fingerprint density at radius 1 is 0.844 bits per heavy atom. The van der Waals surface area contributed by atoms with Gasteiger partial charge < -0.3 is 4.42 Å². The third kappa shape index (κ3) is 3.01. The maximum Gasteiger partial charge on any atom is 0.149 e. The molecular formula is C29H24N2O. The topological polar surface area (TPSA) is 31.0 Å². The number of fused-ring (bicyclic) bond motifs is 3. The minimum atomic E-state index is 0.609. The van der Waals surface area contributed by atoms with E-state index in [1.165, 1.54) is 16.3 Å². The van der Waals surface area contributed by atoms with E-state index >= 15 is 0 Å². The maximum atomic E-state index is 6.05. The van der Waals surface area contributed by atoms with E-state index in [2.05, 4.69) is 97.3 Å². The van der Waals surface area contributed by atoms with Gasteiger partial charge in [-0.15, -0.1) is 0 Å². The van der Waals surface area contributed by atoms with Crippen LogP contribution in [-0.2, 0) is 6.42 Å². The summed E-state index contributed by atoms with van der Waals surface area (Å²) in [4.78, 5) is 5.06. The van der Waals surface area contributed by atoms with E-state index < -0.39 is 0 Å². The Morgan fingerprint density at radius 2 is 1.66 bits per heavy atom. The fourth-order valence-corrected chi connectivity index (χ4v) is 4.70. The average molecular weight is 417 g/mol. The first-order valence-electron chi connectivity index (χ1n) is 11.1. The van der Waals surface area contributed by atoms with E-state index in [4.69, 9.17) is 9.40 Å². The van der Waals surface area contributed by atoms with Crippen LogP contribution in [0.5, 0.6) is 0 Å². The molecule has 0 bridgehead atoms. The Labute approximate surface area is 186 Å². The number of aromatic nitrogens is 2. The molecule has 0 radical (unpaired) electrons. The van der Waals surface area contributed by atoms with Crippen LogP contribution in [0.3, 0.4) is 0 Å². The molecule has 6 aromatic rings. The van der Waals surface area contributed by atoms with Gasteiger partial charge in [-0.1, -0.05) is 74.5 Å². The largest absolute Gasteiger partial charge is 0.464 e. The van der Waals surface area contributed by atoms with Crippen molar-refractivity contribution >= 4 is 32.8 Å². The molecule has 156 valence electrons. The Morgan fingerprint density at radius 3 is 2.56 bits per heavy atom. The highest BCUT2D eigenvalue weighted by Crippen LogP contribution is 2.36. The van der Waals surface area contributed by atoms with Crippen LogP contribution in [0, 0.1) is 5.92 Å². The molecular weight excluding hydrogens is 392 g/mol. The zero-order valence-electron chi connectivity index (χ0n) is 18.2. The molecule has 32 heavy (non-hydrogen) atoms. The van der Waals surface area contributed by atoms with Crippen molar-refractivity contribution in [3.8, 4) is 17.1 Å². The Balaban J connectivity index is 1.63. The second kappa shape index (κ2) is 7.38. The molecule has 0 N–H and O–H groups in total. The Hall–Kier alpha value is -3.85. The van der Waals surface area contributed by atoms with Crippen molar-refractivity contribution in [1.29, 1.82) is 0 Å². The summed E-state index contributed by atoms with van der Waals surface area (Å²) in [5.74, 6) is 1.51. The lowest BCUT2D eigenvalue weighted by Crippen LogP contribution is -1.98. The summed E-state index contributed by atoms with van der Waals surface area (Å²) >= 11 is 0. The second-order valence-corrected chi connectivity index (χ2v) is 8.84. The van der Waals surface area contributed by atoms with Gasteiger partial charge in [-0.25, -0.2) is 4.98 Å². The molecule has 0 aliphatic rings. The summed E-state index contributed by atoms with van der Waals surface area (Å²) in [6.45, 7) is 4.48. The molecule has 0 spiro atoms. The number of furan rings is 1. The third-order valence-corrected chi connectivity index (χ3v) is 6.09. The van der Waals surface area contributed by atoms with Crippen molar-refractivity contribution in [1.82, 2.24) is 9.55 Å². The number of rotatable bonds is 4. The average Bonchev–Trinajstić information content (AvgIpc) is 3.39. The number of hydrogen-bond acceptors (Lipinski definition) is 2. The lowest BCUT2D eigenvalue weighted by Gasteiger charge is -2.12. The van der Waals surface area contributed by atoms with E-state index in [0.717, 1.165) is 45.5 Å². The molecule has 0 aliphatic carbocycles. The summed E-state index contributed by atoms with van der Waals surface area (Å²) in [5, 5.41) is 3.50. The van der Waals surface area contributed by atoms with E-state index in [0.29, 0.717) is 5.92 Å². The lowest BCUT2D eigenvalue weighted by molar-refractivity contribution is 0.613. The van der Waals surface area contributed by atoms with Gasteiger partial charge in [0, 0.05) is 10.8 Å². The highest BCUT2D eigenvalue weighted by Gasteiger charge is 2.19. The van der Waals surface area contributed by atoms with Crippen LogP contribution in [0.15, 0.2) is 95.6 Å². The minimum Gasteiger partial charge on any atom is -0.464 e. The fourth-order valence-electron chi connectivity index (χ4n) is 4.70. The van der Waals surface area contributed by atoms with Crippen molar-refractivity contribution < 1.29 is 4.42 Å². The molecule has 0 saturated carbocycles. The quantitative estimate of drug-likeness (QED) is 0.294. The third-order valence-electron chi connectivity index (χ3n) is 6.09. The standard InChI is InChI=1S/C29H24N2O/c1-19(2)16-20-14-15-23-24(18-32-28(23)17-20)29-30-25-11-5-6-12-27(25)31(29)26-13-7-9-21-8-3-4-10-22(21)26/h3-15,17-19H,16H2,1-2H3. The number of imidazole rings is 1. The van der Waals surface area contributed by atoms with Crippen molar-refractivity contribution in [3.63, 3.8) is 0 Å². The molecule has 2 heterocycles. The van der Waals surface area contributed by atoms with Gasteiger partial charge in [0.05, 0.1) is 22.3 Å². The van der Waals surface area contributed by atoms with Gasteiger partial charge in [0.2, 0.25) is 0 Å². The van der Waals surface area contributed by atoms with Gasteiger partial charge >= 0.3 is 0 Å². The van der Waals surface area contributed by atoms with Crippen LogP contribution in [0.2, 0.25) is 0 Å². The van der Waals surface area contributed by atoms with Crippen LogP contribution in [-0.4, -0.2) is 9.55 Å². The van der Waals surface area contributed by atoms with Gasteiger partial charge in [-0.2, -0.15) is 0 Å². The summed E-state index contributed by atoms with van der Waals surface area (Å²) in [7, 11) is 0. The maximum absolute atomic E-state index is 6.05. The molecule has 0 fully saturated rings. The highest BCUT2D eigenvalue weighted by atomic mass is 16.3. The fraction of sp³-hybridized carbons (Fsp3) is 0.138. The molecule has 4 aromatic carbocycles. The normalized spacial score (nSPS) is 11.8. The van der Waals surface area contributed by atoms with Crippen molar-refractivity contribution in [3.05, 3.63) is 96.8 Å². The second-order valence-electron chi connectivity index (χ2n) is 8.84. The predicted octanol–water partition coefficient (Wildman–Crippen LogP) is 7.79. The number of nitrogens with zero attached hydrogens (tertiary/aromatic N) is 2. The van der Waals surface area contributed by atoms with Crippen LogP contribution in [0.4, 0.5) is 0 Å². The van der Waals surface area contributed by atoms with Gasteiger partial charge in [0.25, 0.3) is 0 Å².